The molecule has 4 unspecified atom stereocenters. The smallest absolute Gasteiger partial charge is 0.326 e. The first kappa shape index (κ1) is 26.2. The number of aliphatic hydroxyl groups excluding tert-OH is 1. The number of nitrogens with one attached hydrogen (secondary N) is 5. The number of aliphatic hydroxyl groups is 1. The Morgan fingerprint density at radius 1 is 1.12 bits per heavy atom. The van der Waals surface area contributed by atoms with Crippen LogP contribution in [0.4, 0.5) is 0 Å². The van der Waals surface area contributed by atoms with Gasteiger partial charge in [0.05, 0.1) is 19.0 Å². The van der Waals surface area contributed by atoms with E-state index in [1.165, 1.54) is 12.5 Å². The number of unbranched alkanes of at least 4 members (excludes halogenated alkanes) is 1. The zero-order valence-electron chi connectivity index (χ0n) is 18.4. The summed E-state index contributed by atoms with van der Waals surface area (Å²) < 4.78 is 0. The number of hydrogen-bond donors (Lipinski definition) is 8. The lowest BCUT2D eigenvalue weighted by atomic mass is 10.1. The van der Waals surface area contributed by atoms with Crippen molar-refractivity contribution in [2.45, 2.75) is 62.7 Å². The number of H-pyrrole nitrogens is 1. The van der Waals surface area contributed by atoms with E-state index in [1.807, 2.05) is 0 Å². The molecule has 33 heavy (non-hydrogen) atoms. The maximum atomic E-state index is 12.9. The highest BCUT2D eigenvalue weighted by molar-refractivity contribution is 5.94. The number of rotatable bonds is 14. The van der Waals surface area contributed by atoms with E-state index < -0.39 is 54.5 Å². The molecule has 9 N–H and O–H groups in total. The summed E-state index contributed by atoms with van der Waals surface area (Å²) in [7, 11) is 0. The first-order valence-electron chi connectivity index (χ1n) is 11.0. The number of carboxylic acids is 1. The molecule has 1 saturated heterocycles. The fourth-order valence-corrected chi connectivity index (χ4v) is 3.50. The minimum atomic E-state index is -1.27. The summed E-state index contributed by atoms with van der Waals surface area (Å²) in [5.74, 6) is -3.09. The van der Waals surface area contributed by atoms with E-state index in [1.54, 1.807) is 0 Å². The van der Waals surface area contributed by atoms with Crippen LogP contribution in [0.1, 0.15) is 37.8 Å². The molecule has 13 nitrogen and oxygen atoms in total. The Morgan fingerprint density at radius 2 is 1.85 bits per heavy atom. The second-order valence-electron chi connectivity index (χ2n) is 7.92. The number of nitrogens with two attached hydrogens (primary N) is 1. The van der Waals surface area contributed by atoms with Crippen LogP contribution in [-0.4, -0.2) is 87.7 Å². The molecule has 0 radical (unpaired) electrons. The molecule has 0 aliphatic carbocycles. The molecule has 1 aromatic heterocycles. The number of amides is 3. The fraction of sp³-hybridized carbons (Fsp3) is 0.650. The molecule has 4 atom stereocenters. The fourth-order valence-electron chi connectivity index (χ4n) is 3.50. The van der Waals surface area contributed by atoms with E-state index >= 15 is 0 Å². The van der Waals surface area contributed by atoms with Crippen LogP contribution < -0.4 is 27.0 Å². The van der Waals surface area contributed by atoms with Gasteiger partial charge in [-0.3, -0.25) is 14.4 Å². The molecule has 3 amide bonds. The van der Waals surface area contributed by atoms with E-state index in [0.717, 1.165) is 6.42 Å². The third kappa shape index (κ3) is 8.44. The number of nitrogens with zero attached hydrogens (tertiary/aromatic N) is 1. The van der Waals surface area contributed by atoms with E-state index in [2.05, 4.69) is 31.2 Å². The van der Waals surface area contributed by atoms with Gasteiger partial charge in [-0.15, -0.1) is 0 Å². The number of aromatic amines is 1. The predicted octanol–water partition coefficient (Wildman–Crippen LogP) is -2.64. The Hall–Kier alpha value is -3.03. The Bertz CT molecular complexity index is 782. The Morgan fingerprint density at radius 3 is 2.42 bits per heavy atom. The predicted molar refractivity (Wildman–Crippen MR) is 117 cm³/mol. The second-order valence-corrected chi connectivity index (χ2v) is 7.92. The van der Waals surface area contributed by atoms with Crippen molar-refractivity contribution in [3.8, 4) is 0 Å². The highest BCUT2D eigenvalue weighted by atomic mass is 16.4. The van der Waals surface area contributed by atoms with Crippen LogP contribution in [0.2, 0.25) is 0 Å². The number of aliphatic carboxylic acids is 1. The standard InChI is InChI=1S/C20H33N7O6/c21-6-2-1-4-14(20(32)33)25-18(30)15(8-12-9-22-11-24-12)26-19(31)16(10-28)27-17(29)13-5-3-7-23-13/h9,11,13-16,23,28H,1-8,10,21H2,(H,22,24)(H,25,30)(H,26,31)(H,27,29)(H,32,33). The molecule has 2 rings (SSSR count). The lowest BCUT2D eigenvalue weighted by molar-refractivity contribution is -0.142. The van der Waals surface area contributed by atoms with Crippen molar-refractivity contribution >= 4 is 23.7 Å². The van der Waals surface area contributed by atoms with Crippen LogP contribution in [-0.2, 0) is 25.6 Å². The summed E-state index contributed by atoms with van der Waals surface area (Å²) in [5, 5.41) is 29.5. The van der Waals surface area contributed by atoms with Gasteiger partial charge in [0.25, 0.3) is 0 Å². The summed E-state index contributed by atoms with van der Waals surface area (Å²) in [5.41, 5.74) is 5.97. The zero-order chi connectivity index (χ0) is 24.2. The molecule has 13 heteroatoms. The zero-order valence-corrected chi connectivity index (χ0v) is 18.4. The van der Waals surface area contributed by atoms with Crippen LogP contribution in [0.25, 0.3) is 0 Å². The number of imidazole rings is 1. The minimum absolute atomic E-state index is 0.00296. The van der Waals surface area contributed by atoms with Crippen LogP contribution in [0, 0.1) is 0 Å². The average Bonchev–Trinajstić information content (AvgIpc) is 3.50. The topological polar surface area (TPSA) is 212 Å². The van der Waals surface area contributed by atoms with Gasteiger partial charge in [0, 0.05) is 18.3 Å². The first-order chi connectivity index (χ1) is 15.8. The summed E-state index contributed by atoms with van der Waals surface area (Å²) in [6.07, 6.45) is 5.65. The molecule has 1 aliphatic rings. The average molecular weight is 468 g/mol. The minimum Gasteiger partial charge on any atom is -0.480 e. The van der Waals surface area contributed by atoms with Crippen LogP contribution >= 0.6 is 0 Å². The third-order valence-electron chi connectivity index (χ3n) is 5.37. The van der Waals surface area contributed by atoms with Crippen molar-refractivity contribution in [3.05, 3.63) is 18.2 Å². The van der Waals surface area contributed by atoms with Crippen molar-refractivity contribution in [1.29, 1.82) is 0 Å². The SMILES string of the molecule is NCCCCC(NC(=O)C(Cc1cnc[nH]1)NC(=O)C(CO)NC(=O)C1CCCN1)C(=O)O. The Labute approximate surface area is 191 Å². The number of carbonyl (C=O) groups excluding carboxylic acids is 3. The van der Waals surface area contributed by atoms with Crippen molar-refractivity contribution in [2.24, 2.45) is 5.73 Å². The van der Waals surface area contributed by atoms with Gasteiger partial charge in [-0.25, -0.2) is 9.78 Å². The Kier molecular flexibility index (Phi) is 10.7. The maximum Gasteiger partial charge on any atom is 0.326 e. The van der Waals surface area contributed by atoms with Crippen LogP contribution in [0.5, 0.6) is 0 Å². The monoisotopic (exact) mass is 467 g/mol. The second kappa shape index (κ2) is 13.5. The van der Waals surface area contributed by atoms with Gasteiger partial charge in [0.2, 0.25) is 17.7 Å². The van der Waals surface area contributed by atoms with Gasteiger partial charge in [0.1, 0.15) is 18.1 Å². The van der Waals surface area contributed by atoms with Crippen molar-refractivity contribution < 1.29 is 29.4 Å². The molecule has 2 heterocycles. The quantitative estimate of drug-likeness (QED) is 0.134. The molecule has 0 aromatic carbocycles. The van der Waals surface area contributed by atoms with Gasteiger partial charge in [-0.1, -0.05) is 0 Å². The molecule has 0 saturated carbocycles. The highest BCUT2D eigenvalue weighted by Gasteiger charge is 2.31. The van der Waals surface area contributed by atoms with Crippen LogP contribution in [0.3, 0.4) is 0 Å². The van der Waals surface area contributed by atoms with Crippen molar-refractivity contribution in [3.63, 3.8) is 0 Å². The van der Waals surface area contributed by atoms with Gasteiger partial charge in [-0.2, -0.15) is 0 Å². The number of carbonyl (C=O) groups is 4. The van der Waals surface area contributed by atoms with E-state index in [4.69, 9.17) is 5.73 Å². The highest BCUT2D eigenvalue weighted by Crippen LogP contribution is 2.06. The first-order valence-corrected chi connectivity index (χ1v) is 11.0. The maximum absolute atomic E-state index is 12.9. The van der Waals surface area contributed by atoms with Crippen molar-refractivity contribution in [1.82, 2.24) is 31.2 Å². The molecule has 184 valence electrons. The Balaban J connectivity index is 2.06. The lowest BCUT2D eigenvalue weighted by Gasteiger charge is -2.24. The molecular weight excluding hydrogens is 434 g/mol. The summed E-state index contributed by atoms with van der Waals surface area (Å²) in [6.45, 7) is 0.430. The number of carboxylic acid groups (broad SMARTS) is 1. The number of aromatic nitrogens is 2. The lowest BCUT2D eigenvalue weighted by Crippen LogP contribution is -2.58. The molecule has 1 aliphatic heterocycles. The van der Waals surface area contributed by atoms with Gasteiger partial charge < -0.3 is 42.2 Å². The number of hydrogen-bond acceptors (Lipinski definition) is 8. The summed E-state index contributed by atoms with van der Waals surface area (Å²) in [4.78, 5) is 56.2. The molecule has 0 spiro atoms. The molecule has 1 aromatic rings. The molecule has 1 fully saturated rings. The normalized spacial score (nSPS) is 18.2. The molecule has 0 bridgehead atoms. The van der Waals surface area contributed by atoms with E-state index in [9.17, 15) is 29.4 Å². The molecular formula is C20H33N7O6. The van der Waals surface area contributed by atoms with Gasteiger partial charge in [0.15, 0.2) is 0 Å². The summed E-state index contributed by atoms with van der Waals surface area (Å²) in [6, 6.07) is -4.02. The van der Waals surface area contributed by atoms with E-state index in [-0.39, 0.29) is 12.8 Å². The third-order valence-corrected chi connectivity index (χ3v) is 5.37. The van der Waals surface area contributed by atoms with Crippen LogP contribution in [0.15, 0.2) is 12.5 Å². The van der Waals surface area contributed by atoms with E-state index in [0.29, 0.717) is 38.0 Å². The van der Waals surface area contributed by atoms with Gasteiger partial charge >= 0.3 is 5.97 Å². The van der Waals surface area contributed by atoms with Crippen molar-refractivity contribution in [2.75, 3.05) is 19.7 Å². The summed E-state index contributed by atoms with van der Waals surface area (Å²) >= 11 is 0. The largest absolute Gasteiger partial charge is 0.480 e. The van der Waals surface area contributed by atoms with Gasteiger partial charge in [-0.05, 0) is 45.2 Å².